The van der Waals surface area contributed by atoms with Crippen molar-refractivity contribution in [2.24, 2.45) is 4.99 Å². The third-order valence-electron chi connectivity index (χ3n) is 1.94. The van der Waals surface area contributed by atoms with E-state index in [-0.39, 0.29) is 17.1 Å². The monoisotopic (exact) mass is 237 g/mol. The molecule has 4 heteroatoms. The Hall–Kier alpha value is -1.61. The van der Waals surface area contributed by atoms with E-state index in [2.05, 4.69) is 4.99 Å². The van der Waals surface area contributed by atoms with Gasteiger partial charge in [-0.15, -0.1) is 0 Å². The Labute approximate surface area is 99.1 Å². The number of aliphatic hydroxyl groups is 1. The van der Waals surface area contributed by atoms with Gasteiger partial charge in [-0.25, -0.2) is 0 Å². The molecular weight excluding hydrogens is 226 g/mol. The SMILES string of the molecule is CC(=O)C(C=Nc1ccc(Cl)cc1)=C(C)O. The maximum absolute atomic E-state index is 11.1. The Morgan fingerprint density at radius 2 is 1.88 bits per heavy atom. The van der Waals surface area contributed by atoms with Gasteiger partial charge in [0.05, 0.1) is 11.3 Å². The molecule has 0 aliphatic carbocycles. The summed E-state index contributed by atoms with van der Waals surface area (Å²) in [4.78, 5) is 15.2. The molecule has 1 rings (SSSR count). The van der Waals surface area contributed by atoms with Crippen molar-refractivity contribution < 1.29 is 9.90 Å². The Kier molecular flexibility index (Phi) is 4.26. The number of carbonyl (C=O) groups is 1. The Bertz CT molecular complexity index is 443. The molecule has 1 N–H and O–H groups in total. The van der Waals surface area contributed by atoms with Gasteiger partial charge in [0.2, 0.25) is 0 Å². The van der Waals surface area contributed by atoms with Gasteiger partial charge in [0, 0.05) is 11.2 Å². The van der Waals surface area contributed by atoms with Crippen molar-refractivity contribution in [3.63, 3.8) is 0 Å². The van der Waals surface area contributed by atoms with Gasteiger partial charge in [-0.1, -0.05) is 11.6 Å². The number of aliphatic imine (C=N–C) groups is 1. The van der Waals surface area contributed by atoms with Crippen molar-refractivity contribution in [2.75, 3.05) is 0 Å². The number of hydrogen-bond donors (Lipinski definition) is 1. The molecule has 0 amide bonds. The second-order valence-electron chi connectivity index (χ2n) is 3.29. The van der Waals surface area contributed by atoms with E-state index in [4.69, 9.17) is 11.6 Å². The molecule has 0 radical (unpaired) electrons. The first kappa shape index (κ1) is 12.5. The summed E-state index contributed by atoms with van der Waals surface area (Å²) in [6.45, 7) is 2.83. The second-order valence-corrected chi connectivity index (χ2v) is 3.73. The van der Waals surface area contributed by atoms with Gasteiger partial charge in [0.15, 0.2) is 5.78 Å². The Morgan fingerprint density at radius 1 is 1.31 bits per heavy atom. The Morgan fingerprint density at radius 3 is 2.31 bits per heavy atom. The first-order valence-corrected chi connectivity index (χ1v) is 5.09. The van der Waals surface area contributed by atoms with E-state index in [0.717, 1.165) is 0 Å². The minimum Gasteiger partial charge on any atom is -0.512 e. The number of Topliss-reactive ketones (excluding diaryl/α,β-unsaturated/α-hetero) is 1. The maximum atomic E-state index is 11.1. The minimum absolute atomic E-state index is 0.0368. The molecule has 0 heterocycles. The first-order chi connectivity index (χ1) is 7.50. The number of rotatable bonds is 3. The molecule has 0 aliphatic heterocycles. The normalized spacial score (nSPS) is 12.7. The third-order valence-corrected chi connectivity index (χ3v) is 2.19. The van der Waals surface area contributed by atoms with Gasteiger partial charge in [-0.05, 0) is 38.1 Å². The summed E-state index contributed by atoms with van der Waals surface area (Å²) in [5.74, 6) is -0.261. The fourth-order valence-electron chi connectivity index (χ4n) is 1.11. The van der Waals surface area contributed by atoms with Gasteiger partial charge < -0.3 is 5.11 Å². The molecule has 1 aromatic rings. The van der Waals surface area contributed by atoms with Crippen LogP contribution in [0.5, 0.6) is 0 Å². The molecule has 84 valence electrons. The molecule has 0 saturated carbocycles. The topological polar surface area (TPSA) is 49.7 Å². The predicted molar refractivity (Wildman–Crippen MR) is 65.6 cm³/mol. The number of ketones is 1. The number of carbonyl (C=O) groups excluding carboxylic acids is 1. The number of halogens is 1. The molecular formula is C12H12ClNO2. The van der Waals surface area contributed by atoms with Crippen LogP contribution in [-0.2, 0) is 4.79 Å². The van der Waals surface area contributed by atoms with Crippen molar-refractivity contribution in [1.82, 2.24) is 0 Å². The number of allylic oxidation sites excluding steroid dienone is 2. The lowest BCUT2D eigenvalue weighted by molar-refractivity contribution is -0.113. The predicted octanol–water partition coefficient (Wildman–Crippen LogP) is 3.46. The van der Waals surface area contributed by atoms with E-state index < -0.39 is 0 Å². The van der Waals surface area contributed by atoms with Crippen LogP contribution < -0.4 is 0 Å². The van der Waals surface area contributed by atoms with E-state index in [1.165, 1.54) is 20.1 Å². The number of benzene rings is 1. The summed E-state index contributed by atoms with van der Waals surface area (Å²) in [6.07, 6.45) is 1.35. The largest absolute Gasteiger partial charge is 0.512 e. The molecule has 16 heavy (non-hydrogen) atoms. The zero-order valence-electron chi connectivity index (χ0n) is 9.07. The van der Waals surface area contributed by atoms with E-state index in [1.807, 2.05) is 0 Å². The highest BCUT2D eigenvalue weighted by Gasteiger charge is 2.04. The molecule has 0 saturated heterocycles. The van der Waals surface area contributed by atoms with Crippen LogP contribution in [0.1, 0.15) is 13.8 Å². The van der Waals surface area contributed by atoms with E-state index in [0.29, 0.717) is 10.7 Å². The fraction of sp³-hybridized carbons (Fsp3) is 0.167. The molecule has 0 aromatic heterocycles. The van der Waals surface area contributed by atoms with E-state index in [9.17, 15) is 9.90 Å². The molecule has 0 atom stereocenters. The van der Waals surface area contributed by atoms with E-state index >= 15 is 0 Å². The summed E-state index contributed by atoms with van der Waals surface area (Å²) in [7, 11) is 0. The second kappa shape index (κ2) is 5.47. The lowest BCUT2D eigenvalue weighted by Crippen LogP contribution is -2.01. The number of hydrogen-bond acceptors (Lipinski definition) is 3. The average molecular weight is 238 g/mol. The lowest BCUT2D eigenvalue weighted by Gasteiger charge is -1.98. The average Bonchev–Trinajstić information content (AvgIpc) is 2.20. The third kappa shape index (κ3) is 3.51. The van der Waals surface area contributed by atoms with Crippen LogP contribution in [0.25, 0.3) is 0 Å². The standard InChI is InChI=1S/C12H12ClNO2/c1-8(15)12(9(2)16)7-14-11-5-3-10(13)4-6-11/h3-7,15H,1-2H3. The number of aliphatic hydroxyl groups excluding tert-OH is 1. The minimum atomic E-state index is -0.224. The van der Waals surface area contributed by atoms with Crippen LogP contribution in [0.15, 0.2) is 40.6 Å². The van der Waals surface area contributed by atoms with Crippen LogP contribution in [0, 0.1) is 0 Å². The van der Waals surface area contributed by atoms with Crippen molar-refractivity contribution in [3.8, 4) is 0 Å². The molecule has 0 fully saturated rings. The van der Waals surface area contributed by atoms with Crippen molar-refractivity contribution in [1.29, 1.82) is 0 Å². The molecule has 0 spiro atoms. The lowest BCUT2D eigenvalue weighted by atomic mass is 10.2. The molecule has 0 unspecified atom stereocenters. The van der Waals surface area contributed by atoms with Gasteiger partial charge in [-0.2, -0.15) is 0 Å². The van der Waals surface area contributed by atoms with Gasteiger partial charge >= 0.3 is 0 Å². The zero-order valence-corrected chi connectivity index (χ0v) is 9.82. The summed E-state index contributed by atoms with van der Waals surface area (Å²) >= 11 is 5.72. The van der Waals surface area contributed by atoms with Gasteiger partial charge in [0.1, 0.15) is 5.76 Å². The number of nitrogens with zero attached hydrogens (tertiary/aromatic N) is 1. The van der Waals surface area contributed by atoms with Crippen LogP contribution in [-0.4, -0.2) is 17.1 Å². The van der Waals surface area contributed by atoms with Crippen LogP contribution >= 0.6 is 11.6 Å². The quantitative estimate of drug-likeness (QED) is 0.497. The highest BCUT2D eigenvalue weighted by Crippen LogP contribution is 2.16. The summed E-state index contributed by atoms with van der Waals surface area (Å²) in [6, 6.07) is 6.86. The first-order valence-electron chi connectivity index (χ1n) is 4.71. The molecule has 0 bridgehead atoms. The summed E-state index contributed by atoms with van der Waals surface area (Å²) in [5, 5.41) is 9.88. The van der Waals surface area contributed by atoms with Crippen LogP contribution in [0.2, 0.25) is 5.02 Å². The Balaban J connectivity index is 2.92. The van der Waals surface area contributed by atoms with Crippen LogP contribution in [0.3, 0.4) is 0 Å². The van der Waals surface area contributed by atoms with E-state index in [1.54, 1.807) is 24.3 Å². The van der Waals surface area contributed by atoms with Crippen LogP contribution in [0.4, 0.5) is 5.69 Å². The smallest absolute Gasteiger partial charge is 0.164 e. The van der Waals surface area contributed by atoms with Gasteiger partial charge in [0.25, 0.3) is 0 Å². The summed E-state index contributed by atoms with van der Waals surface area (Å²) in [5.41, 5.74) is 0.874. The van der Waals surface area contributed by atoms with Crippen molar-refractivity contribution in [3.05, 3.63) is 40.6 Å². The molecule has 3 nitrogen and oxygen atoms in total. The van der Waals surface area contributed by atoms with Crippen molar-refractivity contribution in [2.45, 2.75) is 13.8 Å². The maximum Gasteiger partial charge on any atom is 0.164 e. The van der Waals surface area contributed by atoms with Crippen molar-refractivity contribution >= 4 is 29.3 Å². The molecule has 0 aliphatic rings. The van der Waals surface area contributed by atoms with Gasteiger partial charge in [-0.3, -0.25) is 9.79 Å². The zero-order chi connectivity index (χ0) is 12.1. The highest BCUT2D eigenvalue weighted by molar-refractivity contribution is 6.30. The highest BCUT2D eigenvalue weighted by atomic mass is 35.5. The summed E-state index contributed by atoms with van der Waals surface area (Å²) < 4.78 is 0. The molecule has 1 aromatic carbocycles. The fourth-order valence-corrected chi connectivity index (χ4v) is 1.23.